The Morgan fingerprint density at radius 1 is 1.12 bits per heavy atom. The first-order valence-electron chi connectivity index (χ1n) is 7.26. The Bertz CT molecular complexity index is 234. The third-order valence-corrected chi connectivity index (χ3v) is 4.68. The van der Waals surface area contributed by atoms with Crippen molar-refractivity contribution >= 4 is 0 Å². The van der Waals surface area contributed by atoms with Crippen molar-refractivity contribution in [2.24, 2.45) is 11.7 Å². The van der Waals surface area contributed by atoms with Gasteiger partial charge in [0.05, 0.1) is 12.1 Å². The highest BCUT2D eigenvalue weighted by Gasteiger charge is 2.43. The van der Waals surface area contributed by atoms with E-state index in [0.29, 0.717) is 12.0 Å². The molecule has 0 heterocycles. The molecular weight excluding hydrogens is 212 g/mol. The molecule has 3 N–H and O–H groups in total. The van der Waals surface area contributed by atoms with Crippen molar-refractivity contribution in [2.45, 2.75) is 62.9 Å². The maximum atomic E-state index is 9.55. The molecule has 2 saturated carbocycles. The number of aliphatic hydroxyl groups is 1. The minimum absolute atomic E-state index is 0.134. The van der Waals surface area contributed by atoms with E-state index >= 15 is 0 Å². The van der Waals surface area contributed by atoms with E-state index < -0.39 is 0 Å². The van der Waals surface area contributed by atoms with E-state index in [1.54, 1.807) is 0 Å². The topological polar surface area (TPSA) is 49.5 Å². The largest absolute Gasteiger partial charge is 0.394 e. The molecule has 100 valence electrons. The highest BCUT2D eigenvalue weighted by atomic mass is 16.3. The quantitative estimate of drug-likeness (QED) is 0.720. The van der Waals surface area contributed by atoms with Gasteiger partial charge in [-0.1, -0.05) is 25.7 Å². The summed E-state index contributed by atoms with van der Waals surface area (Å²) in [6.45, 7) is 0.994. The SMILES string of the molecule is CN(CC(N)(CO)C1CC1)C1CCCCCC1. The molecule has 17 heavy (non-hydrogen) atoms. The average molecular weight is 240 g/mol. The van der Waals surface area contributed by atoms with Crippen LogP contribution in [0, 0.1) is 5.92 Å². The van der Waals surface area contributed by atoms with Gasteiger partial charge in [-0.25, -0.2) is 0 Å². The fourth-order valence-electron chi connectivity index (χ4n) is 3.26. The zero-order valence-electron chi connectivity index (χ0n) is 11.2. The molecule has 0 aromatic carbocycles. The number of hydrogen-bond acceptors (Lipinski definition) is 3. The second-order valence-electron chi connectivity index (χ2n) is 6.23. The fraction of sp³-hybridized carbons (Fsp3) is 1.00. The Labute approximate surface area is 105 Å². The normalized spacial score (nSPS) is 26.8. The van der Waals surface area contributed by atoms with Crippen LogP contribution in [-0.2, 0) is 0 Å². The van der Waals surface area contributed by atoms with E-state index in [2.05, 4.69) is 11.9 Å². The van der Waals surface area contributed by atoms with Gasteiger partial charge in [-0.05, 0) is 38.6 Å². The van der Waals surface area contributed by atoms with E-state index in [9.17, 15) is 5.11 Å². The first-order chi connectivity index (χ1) is 8.15. The van der Waals surface area contributed by atoms with Gasteiger partial charge in [-0.3, -0.25) is 0 Å². The maximum Gasteiger partial charge on any atom is 0.0626 e. The summed E-state index contributed by atoms with van der Waals surface area (Å²) in [5.41, 5.74) is 6.01. The molecule has 0 amide bonds. The van der Waals surface area contributed by atoms with Gasteiger partial charge < -0.3 is 15.7 Å². The second kappa shape index (κ2) is 5.68. The fourth-order valence-corrected chi connectivity index (χ4v) is 3.26. The predicted molar refractivity (Wildman–Crippen MR) is 70.8 cm³/mol. The van der Waals surface area contributed by atoms with Gasteiger partial charge in [-0.2, -0.15) is 0 Å². The van der Waals surface area contributed by atoms with Gasteiger partial charge in [0.2, 0.25) is 0 Å². The summed E-state index contributed by atoms with van der Waals surface area (Å²) in [6.07, 6.45) is 10.5. The molecule has 0 aromatic rings. The number of hydrogen-bond donors (Lipinski definition) is 2. The van der Waals surface area contributed by atoms with Crippen molar-refractivity contribution in [1.82, 2.24) is 4.90 Å². The van der Waals surface area contributed by atoms with Gasteiger partial charge >= 0.3 is 0 Å². The Hall–Kier alpha value is -0.120. The minimum Gasteiger partial charge on any atom is -0.394 e. The molecule has 1 atom stereocenters. The Morgan fingerprint density at radius 2 is 1.71 bits per heavy atom. The van der Waals surface area contributed by atoms with Crippen LogP contribution < -0.4 is 5.73 Å². The second-order valence-corrected chi connectivity index (χ2v) is 6.23. The van der Waals surface area contributed by atoms with E-state index in [1.807, 2.05) is 0 Å². The summed E-state index contributed by atoms with van der Waals surface area (Å²) in [5.74, 6) is 0.556. The molecule has 3 heteroatoms. The number of nitrogens with two attached hydrogens (primary N) is 1. The molecule has 0 saturated heterocycles. The van der Waals surface area contributed by atoms with Crippen LogP contribution in [-0.4, -0.2) is 41.8 Å². The first kappa shape index (κ1) is 13.3. The summed E-state index contributed by atoms with van der Waals surface area (Å²) < 4.78 is 0. The summed E-state index contributed by atoms with van der Waals surface area (Å²) in [6, 6.07) is 0.686. The predicted octanol–water partition coefficient (Wildman–Crippen LogP) is 1.74. The molecule has 2 aliphatic rings. The molecule has 0 radical (unpaired) electrons. The summed E-state index contributed by atoms with van der Waals surface area (Å²) in [5, 5.41) is 9.55. The number of aliphatic hydroxyl groups excluding tert-OH is 1. The molecule has 2 aliphatic carbocycles. The van der Waals surface area contributed by atoms with E-state index in [0.717, 1.165) is 6.54 Å². The third kappa shape index (κ3) is 3.43. The lowest BCUT2D eigenvalue weighted by molar-refractivity contribution is 0.107. The van der Waals surface area contributed by atoms with Crippen molar-refractivity contribution in [3.8, 4) is 0 Å². The third-order valence-electron chi connectivity index (χ3n) is 4.68. The number of nitrogens with zero attached hydrogens (tertiary/aromatic N) is 1. The van der Waals surface area contributed by atoms with Crippen molar-refractivity contribution in [2.75, 3.05) is 20.2 Å². The molecule has 1 unspecified atom stereocenters. The zero-order valence-corrected chi connectivity index (χ0v) is 11.2. The smallest absolute Gasteiger partial charge is 0.0626 e. The highest BCUT2D eigenvalue weighted by Crippen LogP contribution is 2.38. The number of likely N-dealkylation sites (N-methyl/N-ethyl adjacent to an activating group) is 1. The summed E-state index contributed by atoms with van der Waals surface area (Å²) >= 11 is 0. The Kier molecular flexibility index (Phi) is 4.45. The van der Waals surface area contributed by atoms with Gasteiger partial charge in [0.25, 0.3) is 0 Å². The molecule has 3 nitrogen and oxygen atoms in total. The lowest BCUT2D eigenvalue weighted by Gasteiger charge is -2.36. The maximum absolute atomic E-state index is 9.55. The highest BCUT2D eigenvalue weighted by molar-refractivity contribution is 5.00. The van der Waals surface area contributed by atoms with E-state index in [4.69, 9.17) is 5.73 Å². The molecule has 0 aromatic heterocycles. The summed E-state index contributed by atoms with van der Waals surface area (Å²) in [4.78, 5) is 2.42. The van der Waals surface area contributed by atoms with Crippen LogP contribution in [0.4, 0.5) is 0 Å². The van der Waals surface area contributed by atoms with Crippen LogP contribution in [0.1, 0.15) is 51.4 Å². The Morgan fingerprint density at radius 3 is 2.18 bits per heavy atom. The molecule has 2 fully saturated rings. The molecular formula is C14H28N2O. The zero-order chi connectivity index (χ0) is 12.3. The monoisotopic (exact) mass is 240 g/mol. The van der Waals surface area contributed by atoms with Crippen LogP contribution in [0.25, 0.3) is 0 Å². The van der Waals surface area contributed by atoms with Crippen molar-refractivity contribution in [3.05, 3.63) is 0 Å². The standard InChI is InChI=1S/C14H28N2O/c1-16(13-6-4-2-3-5-7-13)10-14(15,11-17)12-8-9-12/h12-13,17H,2-11,15H2,1H3. The molecule has 0 spiro atoms. The number of rotatable bonds is 5. The minimum atomic E-state index is -0.346. The van der Waals surface area contributed by atoms with Gasteiger partial charge in [-0.15, -0.1) is 0 Å². The lowest BCUT2D eigenvalue weighted by atomic mass is 9.93. The molecule has 2 rings (SSSR count). The average Bonchev–Trinajstić information content (AvgIpc) is 3.15. The van der Waals surface area contributed by atoms with Crippen LogP contribution in [0.5, 0.6) is 0 Å². The Balaban J connectivity index is 1.87. The van der Waals surface area contributed by atoms with Crippen LogP contribution in [0.3, 0.4) is 0 Å². The molecule has 0 bridgehead atoms. The van der Waals surface area contributed by atoms with Crippen LogP contribution in [0.2, 0.25) is 0 Å². The van der Waals surface area contributed by atoms with Crippen molar-refractivity contribution < 1.29 is 5.11 Å². The molecule has 0 aliphatic heterocycles. The first-order valence-corrected chi connectivity index (χ1v) is 7.26. The van der Waals surface area contributed by atoms with Crippen molar-refractivity contribution in [1.29, 1.82) is 0 Å². The lowest BCUT2D eigenvalue weighted by Crippen LogP contribution is -2.55. The van der Waals surface area contributed by atoms with E-state index in [1.165, 1.54) is 51.4 Å². The van der Waals surface area contributed by atoms with Crippen LogP contribution in [0.15, 0.2) is 0 Å². The summed E-state index contributed by atoms with van der Waals surface area (Å²) in [7, 11) is 2.19. The van der Waals surface area contributed by atoms with Gasteiger partial charge in [0.1, 0.15) is 0 Å². The van der Waals surface area contributed by atoms with E-state index in [-0.39, 0.29) is 12.1 Å². The van der Waals surface area contributed by atoms with Crippen molar-refractivity contribution in [3.63, 3.8) is 0 Å². The van der Waals surface area contributed by atoms with Gasteiger partial charge in [0.15, 0.2) is 0 Å². The van der Waals surface area contributed by atoms with Crippen LogP contribution >= 0.6 is 0 Å². The van der Waals surface area contributed by atoms with Gasteiger partial charge in [0, 0.05) is 12.6 Å².